The van der Waals surface area contributed by atoms with Gasteiger partial charge < -0.3 is 25.4 Å². The Balaban J connectivity index is 0.00000363. The number of guanidine groups is 1. The number of alkyl halides is 3. The lowest BCUT2D eigenvalue weighted by atomic mass is 9.97. The molecule has 0 saturated carbocycles. The van der Waals surface area contributed by atoms with Crippen molar-refractivity contribution in [2.24, 2.45) is 10.7 Å². The molecular weight excluding hydrogens is 540 g/mol. The lowest BCUT2D eigenvalue weighted by Crippen LogP contribution is -2.43. The molecule has 0 spiro atoms. The van der Waals surface area contributed by atoms with E-state index in [1.54, 1.807) is 4.90 Å². The SMILES string of the molecule is I.NC(=NCC(C(=O)N1CCOCC1)c1ccccc1)Nc1ccc(OC(F)(F)F)cc1. The van der Waals surface area contributed by atoms with Crippen molar-refractivity contribution in [3.63, 3.8) is 0 Å². The average Bonchev–Trinajstić information content (AvgIpc) is 2.75. The van der Waals surface area contributed by atoms with Gasteiger partial charge in [0.1, 0.15) is 5.75 Å². The number of ether oxygens (including phenoxy) is 2. The Morgan fingerprint density at radius 3 is 2.34 bits per heavy atom. The van der Waals surface area contributed by atoms with Gasteiger partial charge in [-0.1, -0.05) is 30.3 Å². The van der Waals surface area contributed by atoms with Crippen LogP contribution in [0.25, 0.3) is 0 Å². The third-order valence-corrected chi connectivity index (χ3v) is 4.63. The van der Waals surface area contributed by atoms with E-state index in [1.165, 1.54) is 12.1 Å². The number of benzene rings is 2. The highest BCUT2D eigenvalue weighted by Gasteiger charge is 2.31. The zero-order valence-electron chi connectivity index (χ0n) is 17.0. The number of carbonyl (C=O) groups is 1. The van der Waals surface area contributed by atoms with Crippen molar-refractivity contribution in [2.75, 3.05) is 38.2 Å². The normalized spacial score (nSPS) is 15.5. The van der Waals surface area contributed by atoms with Crippen LogP contribution in [0.3, 0.4) is 0 Å². The van der Waals surface area contributed by atoms with Crippen molar-refractivity contribution < 1.29 is 27.4 Å². The molecule has 1 aliphatic rings. The predicted octanol–water partition coefficient (Wildman–Crippen LogP) is 3.57. The fourth-order valence-electron chi connectivity index (χ4n) is 3.13. The van der Waals surface area contributed by atoms with Gasteiger partial charge in [0.05, 0.1) is 25.7 Å². The Hall–Kier alpha value is -2.54. The van der Waals surface area contributed by atoms with Gasteiger partial charge in [0.15, 0.2) is 5.96 Å². The highest BCUT2D eigenvalue weighted by Crippen LogP contribution is 2.24. The predicted molar refractivity (Wildman–Crippen MR) is 125 cm³/mol. The van der Waals surface area contributed by atoms with E-state index < -0.39 is 12.3 Å². The molecule has 11 heteroatoms. The molecule has 2 aromatic carbocycles. The minimum atomic E-state index is -4.76. The van der Waals surface area contributed by atoms with Crippen molar-refractivity contribution >= 4 is 41.5 Å². The number of hydrogen-bond donors (Lipinski definition) is 2. The lowest BCUT2D eigenvalue weighted by molar-refractivity contribution is -0.274. The van der Waals surface area contributed by atoms with Crippen molar-refractivity contribution in [1.29, 1.82) is 0 Å². The zero-order valence-corrected chi connectivity index (χ0v) is 19.4. The van der Waals surface area contributed by atoms with Gasteiger partial charge in [-0.05, 0) is 29.8 Å². The van der Waals surface area contributed by atoms with Crippen molar-refractivity contribution in [3.05, 3.63) is 60.2 Å². The number of anilines is 1. The standard InChI is InChI=1S/C21H23F3N4O3.HI/c22-21(23,24)31-17-8-6-16(7-9-17)27-20(25)26-14-18(15-4-2-1-3-5-15)19(29)28-10-12-30-13-11-28;/h1-9,18H,10-14H2,(H3,25,26,27);1H. The second kappa shape index (κ2) is 11.9. The quantitative estimate of drug-likeness (QED) is 0.318. The molecule has 2 aromatic rings. The van der Waals surface area contributed by atoms with E-state index in [4.69, 9.17) is 10.5 Å². The van der Waals surface area contributed by atoms with Gasteiger partial charge >= 0.3 is 6.36 Å². The van der Waals surface area contributed by atoms with E-state index in [0.29, 0.717) is 32.0 Å². The number of hydrogen-bond acceptors (Lipinski definition) is 4. The minimum absolute atomic E-state index is 0. The highest BCUT2D eigenvalue weighted by molar-refractivity contribution is 14.0. The Morgan fingerprint density at radius 1 is 1.12 bits per heavy atom. The molecule has 32 heavy (non-hydrogen) atoms. The van der Waals surface area contributed by atoms with Crippen molar-refractivity contribution in [3.8, 4) is 5.75 Å². The Morgan fingerprint density at radius 2 is 1.75 bits per heavy atom. The number of nitrogens with two attached hydrogens (primary N) is 1. The molecule has 174 valence electrons. The van der Waals surface area contributed by atoms with Gasteiger partial charge in [0, 0.05) is 18.8 Å². The van der Waals surface area contributed by atoms with Crippen LogP contribution in [0.5, 0.6) is 5.75 Å². The summed E-state index contributed by atoms with van der Waals surface area (Å²) in [7, 11) is 0. The maximum absolute atomic E-state index is 13.1. The number of aliphatic imine (C=N–C) groups is 1. The Kier molecular flexibility index (Phi) is 9.57. The second-order valence-corrected chi connectivity index (χ2v) is 6.82. The second-order valence-electron chi connectivity index (χ2n) is 6.82. The van der Waals surface area contributed by atoms with Crippen LogP contribution in [-0.2, 0) is 9.53 Å². The summed E-state index contributed by atoms with van der Waals surface area (Å²) in [5.41, 5.74) is 7.19. The minimum Gasteiger partial charge on any atom is -0.406 e. The first-order valence-corrected chi connectivity index (χ1v) is 9.66. The molecule has 1 aliphatic heterocycles. The average molecular weight is 564 g/mol. The number of halogens is 4. The largest absolute Gasteiger partial charge is 0.573 e. The topological polar surface area (TPSA) is 89.2 Å². The van der Waals surface area contributed by atoms with Crippen LogP contribution in [0.15, 0.2) is 59.6 Å². The van der Waals surface area contributed by atoms with E-state index in [2.05, 4.69) is 15.0 Å². The molecule has 1 unspecified atom stereocenters. The van der Waals surface area contributed by atoms with Crippen LogP contribution in [0.4, 0.5) is 18.9 Å². The van der Waals surface area contributed by atoms with Gasteiger partial charge in [-0.25, -0.2) is 0 Å². The maximum Gasteiger partial charge on any atom is 0.573 e. The summed E-state index contributed by atoms with van der Waals surface area (Å²) in [5, 5.41) is 2.80. The molecule has 1 amide bonds. The summed E-state index contributed by atoms with van der Waals surface area (Å²) in [6, 6.07) is 14.4. The van der Waals surface area contributed by atoms with Gasteiger partial charge in [-0.2, -0.15) is 0 Å². The third-order valence-electron chi connectivity index (χ3n) is 4.63. The zero-order chi connectivity index (χ0) is 22.3. The van der Waals surface area contributed by atoms with Crippen LogP contribution in [0.2, 0.25) is 0 Å². The summed E-state index contributed by atoms with van der Waals surface area (Å²) in [6.07, 6.45) is -4.76. The number of morpholine rings is 1. The summed E-state index contributed by atoms with van der Waals surface area (Å²) in [5.74, 6) is -0.865. The van der Waals surface area contributed by atoms with E-state index >= 15 is 0 Å². The van der Waals surface area contributed by atoms with E-state index in [1.807, 2.05) is 30.3 Å². The lowest BCUT2D eigenvalue weighted by Gasteiger charge is -2.30. The molecule has 0 aromatic heterocycles. The van der Waals surface area contributed by atoms with E-state index in [9.17, 15) is 18.0 Å². The Labute approximate surface area is 200 Å². The van der Waals surface area contributed by atoms with Crippen molar-refractivity contribution in [1.82, 2.24) is 4.90 Å². The molecule has 7 nitrogen and oxygen atoms in total. The summed E-state index contributed by atoms with van der Waals surface area (Å²) >= 11 is 0. The van der Waals surface area contributed by atoms with E-state index in [0.717, 1.165) is 17.7 Å². The molecule has 0 aliphatic carbocycles. The summed E-state index contributed by atoms with van der Waals surface area (Å²) in [4.78, 5) is 19.1. The molecule has 1 atom stereocenters. The van der Waals surface area contributed by atoms with Gasteiger partial charge in [0.25, 0.3) is 0 Å². The maximum atomic E-state index is 13.1. The first kappa shape index (κ1) is 25.7. The van der Waals surface area contributed by atoms with Crippen molar-refractivity contribution in [2.45, 2.75) is 12.3 Å². The number of amides is 1. The van der Waals surface area contributed by atoms with Gasteiger partial charge in [0.2, 0.25) is 5.91 Å². The molecule has 0 bridgehead atoms. The molecule has 1 fully saturated rings. The fourth-order valence-corrected chi connectivity index (χ4v) is 3.13. The molecule has 1 heterocycles. The van der Waals surface area contributed by atoms with Gasteiger partial charge in [-0.3, -0.25) is 9.79 Å². The number of nitrogens with zero attached hydrogens (tertiary/aromatic N) is 2. The number of carbonyl (C=O) groups excluding carboxylic acids is 1. The fraction of sp³-hybridized carbons (Fsp3) is 0.333. The summed E-state index contributed by atoms with van der Waals surface area (Å²) in [6.45, 7) is 2.15. The van der Waals surface area contributed by atoms with Gasteiger partial charge in [-0.15, -0.1) is 37.1 Å². The first-order chi connectivity index (χ1) is 14.8. The van der Waals surface area contributed by atoms with Crippen LogP contribution >= 0.6 is 24.0 Å². The Bertz CT molecular complexity index is 889. The van der Waals surface area contributed by atoms with Crippen LogP contribution in [0.1, 0.15) is 11.5 Å². The van der Waals surface area contributed by atoms with Crippen LogP contribution in [-0.4, -0.2) is 56.0 Å². The number of rotatable bonds is 6. The molecule has 1 saturated heterocycles. The smallest absolute Gasteiger partial charge is 0.406 e. The third kappa shape index (κ3) is 7.86. The molecular formula is C21H24F3IN4O3. The summed E-state index contributed by atoms with van der Waals surface area (Å²) < 4.78 is 45.9. The monoisotopic (exact) mass is 564 g/mol. The molecule has 0 radical (unpaired) electrons. The molecule has 3 N–H and O–H groups in total. The van der Waals surface area contributed by atoms with Crippen LogP contribution < -0.4 is 15.8 Å². The highest BCUT2D eigenvalue weighted by atomic mass is 127. The first-order valence-electron chi connectivity index (χ1n) is 9.66. The van der Waals surface area contributed by atoms with Crippen LogP contribution in [0, 0.1) is 0 Å². The molecule has 3 rings (SSSR count). The van der Waals surface area contributed by atoms with E-state index in [-0.39, 0.29) is 48.1 Å². The number of nitrogens with one attached hydrogen (secondary N) is 1.